The van der Waals surface area contributed by atoms with Crippen LogP contribution in [0.1, 0.15) is 18.4 Å². The molecular formula is C12H19N3O. The normalized spacial score (nSPS) is 15.1. The summed E-state index contributed by atoms with van der Waals surface area (Å²) in [5.41, 5.74) is 1.24. The maximum atomic E-state index is 4.96. The average Bonchev–Trinajstić information content (AvgIpc) is 3.12. The first kappa shape index (κ1) is 11.4. The van der Waals surface area contributed by atoms with Crippen LogP contribution in [-0.2, 0) is 11.3 Å². The molecule has 0 radical (unpaired) electrons. The average molecular weight is 221 g/mol. The van der Waals surface area contributed by atoms with Crippen molar-refractivity contribution in [3.8, 4) is 0 Å². The second kappa shape index (κ2) is 5.82. The van der Waals surface area contributed by atoms with Crippen molar-refractivity contribution in [2.24, 2.45) is 0 Å². The van der Waals surface area contributed by atoms with Crippen molar-refractivity contribution in [3.05, 3.63) is 23.9 Å². The zero-order chi connectivity index (χ0) is 11.2. The largest absolute Gasteiger partial charge is 0.383 e. The number of methoxy groups -OCH3 is 1. The minimum Gasteiger partial charge on any atom is -0.383 e. The first-order valence-electron chi connectivity index (χ1n) is 5.79. The summed E-state index contributed by atoms with van der Waals surface area (Å²) >= 11 is 0. The van der Waals surface area contributed by atoms with E-state index in [9.17, 15) is 0 Å². The van der Waals surface area contributed by atoms with E-state index >= 15 is 0 Å². The van der Waals surface area contributed by atoms with E-state index in [-0.39, 0.29) is 0 Å². The number of hydrogen-bond acceptors (Lipinski definition) is 4. The van der Waals surface area contributed by atoms with Crippen LogP contribution in [0.4, 0.5) is 5.82 Å². The van der Waals surface area contributed by atoms with E-state index in [1.54, 1.807) is 7.11 Å². The summed E-state index contributed by atoms with van der Waals surface area (Å²) in [7, 11) is 1.70. The molecule has 0 bridgehead atoms. The van der Waals surface area contributed by atoms with Crippen molar-refractivity contribution in [1.82, 2.24) is 10.3 Å². The molecule has 0 amide bonds. The molecule has 0 aromatic carbocycles. The number of nitrogens with zero attached hydrogens (tertiary/aromatic N) is 1. The van der Waals surface area contributed by atoms with Gasteiger partial charge in [0.15, 0.2) is 0 Å². The van der Waals surface area contributed by atoms with E-state index in [0.29, 0.717) is 6.61 Å². The van der Waals surface area contributed by atoms with Crippen LogP contribution >= 0.6 is 0 Å². The molecule has 2 N–H and O–H groups in total. The molecule has 4 heteroatoms. The Labute approximate surface area is 96.4 Å². The number of nitrogens with one attached hydrogen (secondary N) is 2. The van der Waals surface area contributed by atoms with Gasteiger partial charge in [-0.25, -0.2) is 4.98 Å². The van der Waals surface area contributed by atoms with Gasteiger partial charge in [-0.05, 0) is 24.5 Å². The number of anilines is 1. The number of hydrogen-bond donors (Lipinski definition) is 2. The number of pyridine rings is 1. The van der Waals surface area contributed by atoms with Crippen molar-refractivity contribution in [2.75, 3.05) is 25.6 Å². The van der Waals surface area contributed by atoms with Gasteiger partial charge in [-0.2, -0.15) is 0 Å². The fraction of sp³-hybridized carbons (Fsp3) is 0.583. The molecule has 1 aromatic heterocycles. The molecule has 1 heterocycles. The Morgan fingerprint density at radius 3 is 2.94 bits per heavy atom. The van der Waals surface area contributed by atoms with Gasteiger partial charge in [0.2, 0.25) is 0 Å². The monoisotopic (exact) mass is 221 g/mol. The summed E-state index contributed by atoms with van der Waals surface area (Å²) in [4.78, 5) is 4.34. The second-order valence-corrected chi connectivity index (χ2v) is 4.13. The summed E-state index contributed by atoms with van der Waals surface area (Å²) in [6, 6.07) is 4.87. The molecule has 1 saturated carbocycles. The Balaban J connectivity index is 1.74. The third-order valence-corrected chi connectivity index (χ3v) is 2.61. The number of aromatic nitrogens is 1. The molecule has 1 fully saturated rings. The second-order valence-electron chi connectivity index (χ2n) is 4.13. The van der Waals surface area contributed by atoms with E-state index < -0.39 is 0 Å². The fourth-order valence-corrected chi connectivity index (χ4v) is 1.46. The standard InChI is InChI=1S/C12H19N3O/c1-16-7-6-13-12-5-2-10(9-15-12)8-14-11-3-4-11/h2,5,9,11,14H,3-4,6-8H2,1H3,(H,13,15). The van der Waals surface area contributed by atoms with Gasteiger partial charge in [-0.3, -0.25) is 0 Å². The molecule has 0 aliphatic heterocycles. The van der Waals surface area contributed by atoms with E-state index in [0.717, 1.165) is 24.9 Å². The predicted molar refractivity (Wildman–Crippen MR) is 64.5 cm³/mol. The van der Waals surface area contributed by atoms with Crippen molar-refractivity contribution in [2.45, 2.75) is 25.4 Å². The Hall–Kier alpha value is -1.13. The van der Waals surface area contributed by atoms with Crippen LogP contribution in [0.25, 0.3) is 0 Å². The smallest absolute Gasteiger partial charge is 0.125 e. The van der Waals surface area contributed by atoms with E-state index in [1.165, 1.54) is 18.4 Å². The highest BCUT2D eigenvalue weighted by molar-refractivity contribution is 5.35. The topological polar surface area (TPSA) is 46.2 Å². The molecular weight excluding hydrogens is 202 g/mol. The highest BCUT2D eigenvalue weighted by atomic mass is 16.5. The van der Waals surface area contributed by atoms with Gasteiger partial charge in [0.25, 0.3) is 0 Å². The number of rotatable bonds is 7. The van der Waals surface area contributed by atoms with Crippen molar-refractivity contribution in [1.29, 1.82) is 0 Å². The first-order chi connectivity index (χ1) is 7.88. The van der Waals surface area contributed by atoms with Crippen molar-refractivity contribution in [3.63, 3.8) is 0 Å². The molecule has 16 heavy (non-hydrogen) atoms. The minimum atomic E-state index is 0.701. The number of ether oxygens (including phenoxy) is 1. The van der Waals surface area contributed by atoms with Crippen LogP contribution in [-0.4, -0.2) is 31.3 Å². The fourth-order valence-electron chi connectivity index (χ4n) is 1.46. The third kappa shape index (κ3) is 3.79. The molecule has 0 unspecified atom stereocenters. The molecule has 0 spiro atoms. The first-order valence-corrected chi connectivity index (χ1v) is 5.79. The van der Waals surface area contributed by atoms with Crippen LogP contribution in [0, 0.1) is 0 Å². The predicted octanol–water partition coefficient (Wildman–Crippen LogP) is 1.39. The van der Waals surface area contributed by atoms with Crippen molar-refractivity contribution >= 4 is 5.82 Å². The lowest BCUT2D eigenvalue weighted by Gasteiger charge is -2.06. The summed E-state index contributed by atoms with van der Waals surface area (Å²) in [5.74, 6) is 0.909. The molecule has 4 nitrogen and oxygen atoms in total. The maximum absolute atomic E-state index is 4.96. The maximum Gasteiger partial charge on any atom is 0.125 e. The highest BCUT2D eigenvalue weighted by Gasteiger charge is 2.19. The summed E-state index contributed by atoms with van der Waals surface area (Å²) < 4.78 is 4.96. The summed E-state index contributed by atoms with van der Waals surface area (Å²) in [6.45, 7) is 2.42. The molecule has 1 aliphatic carbocycles. The van der Waals surface area contributed by atoms with Crippen LogP contribution in [0.3, 0.4) is 0 Å². The Bertz CT molecular complexity index is 309. The van der Waals surface area contributed by atoms with Crippen LogP contribution in [0.5, 0.6) is 0 Å². The van der Waals surface area contributed by atoms with Gasteiger partial charge >= 0.3 is 0 Å². The Kier molecular flexibility index (Phi) is 4.13. The molecule has 1 aliphatic rings. The van der Waals surface area contributed by atoms with Gasteiger partial charge in [0, 0.05) is 32.4 Å². The Morgan fingerprint density at radius 2 is 2.31 bits per heavy atom. The molecule has 0 saturated heterocycles. The lowest BCUT2D eigenvalue weighted by Crippen LogP contribution is -2.15. The van der Waals surface area contributed by atoms with Crippen LogP contribution in [0.2, 0.25) is 0 Å². The van der Waals surface area contributed by atoms with Gasteiger partial charge in [0.1, 0.15) is 5.82 Å². The summed E-state index contributed by atoms with van der Waals surface area (Å²) in [6.07, 6.45) is 4.57. The van der Waals surface area contributed by atoms with E-state index in [2.05, 4.69) is 21.7 Å². The van der Waals surface area contributed by atoms with Crippen molar-refractivity contribution < 1.29 is 4.74 Å². The third-order valence-electron chi connectivity index (χ3n) is 2.61. The van der Waals surface area contributed by atoms with E-state index in [4.69, 9.17) is 4.74 Å². The quantitative estimate of drug-likeness (QED) is 0.683. The van der Waals surface area contributed by atoms with Crippen LogP contribution < -0.4 is 10.6 Å². The summed E-state index contributed by atoms with van der Waals surface area (Å²) in [5, 5.41) is 6.66. The van der Waals surface area contributed by atoms with Gasteiger partial charge in [0.05, 0.1) is 6.61 Å². The lowest BCUT2D eigenvalue weighted by molar-refractivity contribution is 0.210. The van der Waals surface area contributed by atoms with Gasteiger partial charge < -0.3 is 15.4 Å². The zero-order valence-electron chi connectivity index (χ0n) is 9.70. The minimum absolute atomic E-state index is 0.701. The molecule has 2 rings (SSSR count). The molecule has 88 valence electrons. The van der Waals surface area contributed by atoms with Gasteiger partial charge in [-0.15, -0.1) is 0 Å². The van der Waals surface area contributed by atoms with E-state index in [1.807, 2.05) is 12.3 Å². The lowest BCUT2D eigenvalue weighted by atomic mass is 10.3. The molecule has 1 aromatic rings. The highest BCUT2D eigenvalue weighted by Crippen LogP contribution is 2.19. The zero-order valence-corrected chi connectivity index (χ0v) is 9.70. The SMILES string of the molecule is COCCNc1ccc(CNC2CC2)cn1. The van der Waals surface area contributed by atoms with Crippen LogP contribution in [0.15, 0.2) is 18.3 Å². The van der Waals surface area contributed by atoms with Gasteiger partial charge in [-0.1, -0.05) is 6.07 Å². The molecule has 0 atom stereocenters. The Morgan fingerprint density at radius 1 is 1.44 bits per heavy atom.